The Morgan fingerprint density at radius 3 is 2.81 bits per heavy atom. The van der Waals surface area contributed by atoms with E-state index in [1.165, 1.54) is 12.8 Å². The van der Waals surface area contributed by atoms with E-state index in [1.54, 1.807) is 7.11 Å². The van der Waals surface area contributed by atoms with E-state index in [0.717, 1.165) is 30.1 Å². The molecule has 1 heterocycles. The van der Waals surface area contributed by atoms with Crippen molar-refractivity contribution in [2.45, 2.75) is 44.8 Å². The van der Waals surface area contributed by atoms with Gasteiger partial charge < -0.3 is 9.64 Å². The molecule has 1 N–H and O–H groups in total. The van der Waals surface area contributed by atoms with E-state index in [4.69, 9.17) is 4.74 Å². The molecular formula is C17H24N2O2. The maximum atomic E-state index is 12.4. The number of ether oxygens (including phenoxy) is 1. The summed E-state index contributed by atoms with van der Waals surface area (Å²) in [6.07, 6.45) is 4.74. The fraction of sp³-hybridized carbons (Fsp3) is 0.588. The zero-order chi connectivity index (χ0) is 14.8. The van der Waals surface area contributed by atoms with E-state index in [9.17, 15) is 4.79 Å². The Balaban J connectivity index is 1.87. The van der Waals surface area contributed by atoms with Crippen molar-refractivity contribution in [2.24, 2.45) is 5.92 Å². The summed E-state index contributed by atoms with van der Waals surface area (Å²) in [6.45, 7) is 2.60. The van der Waals surface area contributed by atoms with Gasteiger partial charge in [-0.1, -0.05) is 38.0 Å². The van der Waals surface area contributed by atoms with Crippen LogP contribution in [-0.4, -0.2) is 30.5 Å². The van der Waals surface area contributed by atoms with Crippen LogP contribution in [0.3, 0.4) is 0 Å². The van der Waals surface area contributed by atoms with Crippen molar-refractivity contribution in [3.8, 4) is 5.75 Å². The number of hydrogen-bond acceptors (Lipinski definition) is 3. The summed E-state index contributed by atoms with van der Waals surface area (Å²) in [5, 5.41) is 3.35. The van der Waals surface area contributed by atoms with Gasteiger partial charge in [-0.3, -0.25) is 10.1 Å². The lowest BCUT2D eigenvalue weighted by Gasteiger charge is -2.33. The first-order chi connectivity index (χ1) is 10.2. The topological polar surface area (TPSA) is 41.6 Å². The number of carbonyl (C=O) groups excluding carboxylic acids is 1. The molecule has 1 saturated heterocycles. The number of methoxy groups -OCH3 is 1. The van der Waals surface area contributed by atoms with Crippen LogP contribution in [0.1, 0.15) is 44.3 Å². The molecule has 1 aromatic rings. The highest BCUT2D eigenvalue weighted by Crippen LogP contribution is 2.39. The Kier molecular flexibility index (Phi) is 4.15. The second kappa shape index (κ2) is 6.06. The molecule has 2 fully saturated rings. The molecule has 2 unspecified atom stereocenters. The van der Waals surface area contributed by atoms with E-state index >= 15 is 0 Å². The second-order valence-corrected chi connectivity index (χ2v) is 6.07. The van der Waals surface area contributed by atoms with Gasteiger partial charge in [-0.2, -0.15) is 0 Å². The maximum absolute atomic E-state index is 12.4. The van der Waals surface area contributed by atoms with E-state index < -0.39 is 0 Å². The molecule has 2 aliphatic rings. The van der Waals surface area contributed by atoms with E-state index in [1.807, 2.05) is 24.3 Å². The molecule has 1 amide bonds. The van der Waals surface area contributed by atoms with Crippen LogP contribution in [-0.2, 0) is 4.79 Å². The quantitative estimate of drug-likeness (QED) is 0.875. The van der Waals surface area contributed by atoms with Gasteiger partial charge in [0.2, 0.25) is 5.91 Å². The summed E-state index contributed by atoms with van der Waals surface area (Å²) in [5.41, 5.74) is 1.06. The van der Waals surface area contributed by atoms with Crippen LogP contribution in [0.2, 0.25) is 0 Å². The highest BCUT2D eigenvalue weighted by atomic mass is 16.5. The van der Waals surface area contributed by atoms with Crippen LogP contribution in [0.4, 0.5) is 0 Å². The summed E-state index contributed by atoms with van der Waals surface area (Å²) >= 11 is 0. The van der Waals surface area contributed by atoms with Crippen molar-refractivity contribution in [3.63, 3.8) is 0 Å². The molecule has 0 radical (unpaired) electrons. The number of benzene rings is 1. The van der Waals surface area contributed by atoms with Crippen LogP contribution >= 0.6 is 0 Å². The van der Waals surface area contributed by atoms with Gasteiger partial charge in [-0.05, 0) is 24.8 Å². The van der Waals surface area contributed by atoms with E-state index in [-0.39, 0.29) is 12.1 Å². The molecule has 114 valence electrons. The van der Waals surface area contributed by atoms with Gasteiger partial charge in [0.15, 0.2) is 0 Å². The van der Waals surface area contributed by atoms with Gasteiger partial charge in [-0.25, -0.2) is 0 Å². The Morgan fingerprint density at radius 1 is 1.38 bits per heavy atom. The highest BCUT2D eigenvalue weighted by molar-refractivity contribution is 5.81. The summed E-state index contributed by atoms with van der Waals surface area (Å²) in [6, 6.07) is 8.30. The lowest BCUT2D eigenvalue weighted by molar-refractivity contribution is -0.130. The predicted octanol–water partition coefficient (Wildman–Crippen LogP) is 2.70. The van der Waals surface area contributed by atoms with Crippen LogP contribution in [0, 0.1) is 5.92 Å². The molecule has 21 heavy (non-hydrogen) atoms. The molecular weight excluding hydrogens is 264 g/mol. The minimum atomic E-state index is -0.0580. The van der Waals surface area contributed by atoms with Gasteiger partial charge >= 0.3 is 0 Å². The summed E-state index contributed by atoms with van der Waals surface area (Å²) in [4.78, 5) is 14.4. The number of nitrogens with one attached hydrogen (secondary N) is 1. The average molecular weight is 288 g/mol. The SMILES string of the molecule is CCC(CC1CC1)N1C(=O)CNC1c1ccccc1OC. The lowest BCUT2D eigenvalue weighted by Crippen LogP contribution is -2.39. The largest absolute Gasteiger partial charge is 0.496 e. The number of hydrogen-bond donors (Lipinski definition) is 1. The smallest absolute Gasteiger partial charge is 0.238 e. The van der Waals surface area contributed by atoms with Crippen molar-refractivity contribution < 1.29 is 9.53 Å². The Hall–Kier alpha value is -1.55. The minimum absolute atomic E-state index is 0.0580. The van der Waals surface area contributed by atoms with Gasteiger partial charge in [0.25, 0.3) is 0 Å². The van der Waals surface area contributed by atoms with Crippen molar-refractivity contribution in [3.05, 3.63) is 29.8 Å². The van der Waals surface area contributed by atoms with E-state index in [2.05, 4.69) is 17.1 Å². The molecule has 3 rings (SSSR count). The third kappa shape index (κ3) is 2.91. The number of amides is 1. The molecule has 2 atom stereocenters. The van der Waals surface area contributed by atoms with Gasteiger partial charge in [0.1, 0.15) is 11.9 Å². The first-order valence-electron chi connectivity index (χ1n) is 7.92. The van der Waals surface area contributed by atoms with Crippen LogP contribution in [0.15, 0.2) is 24.3 Å². The first-order valence-corrected chi connectivity index (χ1v) is 7.92. The zero-order valence-corrected chi connectivity index (χ0v) is 12.8. The van der Waals surface area contributed by atoms with Crippen molar-refractivity contribution in [2.75, 3.05) is 13.7 Å². The number of nitrogens with zero attached hydrogens (tertiary/aromatic N) is 1. The maximum Gasteiger partial charge on any atom is 0.238 e. The number of para-hydroxylation sites is 1. The predicted molar refractivity (Wildman–Crippen MR) is 82.0 cm³/mol. The highest BCUT2D eigenvalue weighted by Gasteiger charge is 2.39. The fourth-order valence-corrected chi connectivity index (χ4v) is 3.30. The van der Waals surface area contributed by atoms with Crippen LogP contribution in [0.5, 0.6) is 5.75 Å². The number of rotatable bonds is 6. The normalized spacial score (nSPS) is 23.4. The number of carbonyl (C=O) groups is 1. The van der Waals surface area contributed by atoms with Crippen molar-refractivity contribution in [1.82, 2.24) is 10.2 Å². The zero-order valence-electron chi connectivity index (χ0n) is 12.8. The molecule has 1 saturated carbocycles. The minimum Gasteiger partial charge on any atom is -0.496 e. The molecule has 0 bridgehead atoms. The van der Waals surface area contributed by atoms with Crippen LogP contribution < -0.4 is 10.1 Å². The fourth-order valence-electron chi connectivity index (χ4n) is 3.30. The first kappa shape index (κ1) is 14.4. The Labute approximate surface area is 126 Å². The molecule has 1 aliphatic carbocycles. The monoisotopic (exact) mass is 288 g/mol. The molecule has 1 aliphatic heterocycles. The summed E-state index contributed by atoms with van der Waals surface area (Å²) < 4.78 is 5.47. The molecule has 4 heteroatoms. The van der Waals surface area contributed by atoms with Gasteiger partial charge in [-0.15, -0.1) is 0 Å². The van der Waals surface area contributed by atoms with E-state index in [0.29, 0.717) is 12.6 Å². The Bertz CT molecular complexity index is 513. The van der Waals surface area contributed by atoms with Crippen LogP contribution in [0.25, 0.3) is 0 Å². The Morgan fingerprint density at radius 2 is 2.14 bits per heavy atom. The van der Waals surface area contributed by atoms with Gasteiger partial charge in [0, 0.05) is 11.6 Å². The summed E-state index contributed by atoms with van der Waals surface area (Å²) in [7, 11) is 1.68. The van der Waals surface area contributed by atoms with Crippen molar-refractivity contribution >= 4 is 5.91 Å². The molecule has 4 nitrogen and oxygen atoms in total. The molecule has 0 aromatic heterocycles. The molecule has 1 aromatic carbocycles. The lowest BCUT2D eigenvalue weighted by atomic mass is 10.0. The summed E-state index contributed by atoms with van der Waals surface area (Å²) in [5.74, 6) is 1.87. The van der Waals surface area contributed by atoms with Crippen molar-refractivity contribution in [1.29, 1.82) is 0 Å². The standard InChI is InChI=1S/C17H24N2O2/c1-3-13(10-12-8-9-12)19-16(20)11-18-17(19)14-6-4-5-7-15(14)21-2/h4-7,12-13,17-18H,3,8-11H2,1-2H3. The third-order valence-electron chi connectivity index (χ3n) is 4.61. The molecule has 0 spiro atoms. The van der Waals surface area contributed by atoms with Gasteiger partial charge in [0.05, 0.1) is 13.7 Å². The third-order valence-corrected chi connectivity index (χ3v) is 4.61. The second-order valence-electron chi connectivity index (χ2n) is 6.07. The average Bonchev–Trinajstić information content (AvgIpc) is 3.26.